The molecule has 0 bridgehead atoms. The SMILES string of the molecule is CC(C)(C)[Si](C)(C)OC1CCN(C(=O)OCc2ccccc2)C1. The molecule has 1 aromatic rings. The van der Waals surface area contributed by atoms with E-state index in [1.54, 1.807) is 4.90 Å². The van der Waals surface area contributed by atoms with Crippen LogP contribution in [0, 0.1) is 0 Å². The monoisotopic (exact) mass is 335 g/mol. The van der Waals surface area contributed by atoms with Crippen molar-refractivity contribution in [3.05, 3.63) is 35.9 Å². The first-order chi connectivity index (χ1) is 10.7. The quantitative estimate of drug-likeness (QED) is 0.765. The Bertz CT molecular complexity index is 525. The summed E-state index contributed by atoms with van der Waals surface area (Å²) < 4.78 is 11.8. The molecule has 1 aliphatic rings. The minimum Gasteiger partial charge on any atom is -0.445 e. The number of carbonyl (C=O) groups is 1. The van der Waals surface area contributed by atoms with E-state index in [2.05, 4.69) is 33.9 Å². The van der Waals surface area contributed by atoms with Gasteiger partial charge >= 0.3 is 6.09 Å². The van der Waals surface area contributed by atoms with E-state index < -0.39 is 8.32 Å². The first-order valence-corrected chi connectivity index (χ1v) is 11.2. The summed E-state index contributed by atoms with van der Waals surface area (Å²) in [4.78, 5) is 14.0. The van der Waals surface area contributed by atoms with Gasteiger partial charge in [0.25, 0.3) is 0 Å². The maximum absolute atomic E-state index is 12.2. The lowest BCUT2D eigenvalue weighted by atomic mass is 10.2. The van der Waals surface area contributed by atoms with Gasteiger partial charge in [0.2, 0.25) is 0 Å². The molecule has 0 aliphatic carbocycles. The van der Waals surface area contributed by atoms with E-state index in [1.165, 1.54) is 0 Å². The first-order valence-electron chi connectivity index (χ1n) is 8.32. The van der Waals surface area contributed by atoms with Gasteiger partial charge in [0.15, 0.2) is 8.32 Å². The van der Waals surface area contributed by atoms with Crippen LogP contribution < -0.4 is 0 Å². The third kappa shape index (κ3) is 4.82. The van der Waals surface area contributed by atoms with E-state index in [4.69, 9.17) is 9.16 Å². The van der Waals surface area contributed by atoms with E-state index in [-0.39, 0.29) is 17.2 Å². The van der Waals surface area contributed by atoms with Crippen molar-refractivity contribution in [1.29, 1.82) is 0 Å². The van der Waals surface area contributed by atoms with Crippen LogP contribution in [0.15, 0.2) is 30.3 Å². The van der Waals surface area contributed by atoms with Gasteiger partial charge in [-0.1, -0.05) is 51.1 Å². The van der Waals surface area contributed by atoms with Crippen LogP contribution in [-0.4, -0.2) is 38.5 Å². The zero-order valence-electron chi connectivity index (χ0n) is 15.0. The van der Waals surface area contributed by atoms with Crippen LogP contribution in [0.5, 0.6) is 0 Å². The van der Waals surface area contributed by atoms with Crippen molar-refractivity contribution < 1.29 is 14.0 Å². The van der Waals surface area contributed by atoms with E-state index in [0.29, 0.717) is 19.7 Å². The van der Waals surface area contributed by atoms with Crippen LogP contribution in [-0.2, 0) is 15.8 Å². The van der Waals surface area contributed by atoms with Crippen LogP contribution in [0.3, 0.4) is 0 Å². The van der Waals surface area contributed by atoms with Gasteiger partial charge in [-0.2, -0.15) is 0 Å². The van der Waals surface area contributed by atoms with E-state index >= 15 is 0 Å². The summed E-state index contributed by atoms with van der Waals surface area (Å²) in [7, 11) is -1.78. The molecule has 0 aromatic heterocycles. The molecule has 1 aliphatic heterocycles. The Labute approximate surface area is 140 Å². The van der Waals surface area contributed by atoms with E-state index in [9.17, 15) is 4.79 Å². The van der Waals surface area contributed by atoms with Gasteiger partial charge in [0, 0.05) is 13.1 Å². The Morgan fingerprint density at radius 1 is 1.26 bits per heavy atom. The molecule has 1 unspecified atom stereocenters. The number of carbonyl (C=O) groups excluding carboxylic acids is 1. The molecular formula is C18H29NO3Si. The summed E-state index contributed by atoms with van der Waals surface area (Å²) in [6.45, 7) is 12.9. The second-order valence-electron chi connectivity index (χ2n) is 7.78. The van der Waals surface area contributed by atoms with E-state index in [1.807, 2.05) is 30.3 Å². The summed E-state index contributed by atoms with van der Waals surface area (Å²) in [5, 5.41) is 0.189. The van der Waals surface area contributed by atoms with Crippen molar-refractivity contribution in [3.8, 4) is 0 Å². The van der Waals surface area contributed by atoms with Crippen LogP contribution >= 0.6 is 0 Å². The lowest BCUT2D eigenvalue weighted by molar-refractivity contribution is 0.0980. The van der Waals surface area contributed by atoms with Gasteiger partial charge in [0.05, 0.1) is 6.10 Å². The van der Waals surface area contributed by atoms with Crippen molar-refractivity contribution in [2.75, 3.05) is 13.1 Å². The van der Waals surface area contributed by atoms with Crippen molar-refractivity contribution >= 4 is 14.4 Å². The Morgan fingerprint density at radius 2 is 1.91 bits per heavy atom. The minimum absolute atomic E-state index is 0.139. The summed E-state index contributed by atoms with van der Waals surface area (Å²) in [6.07, 6.45) is 0.794. The lowest BCUT2D eigenvalue weighted by Gasteiger charge is -2.38. The Balaban J connectivity index is 1.81. The topological polar surface area (TPSA) is 38.8 Å². The largest absolute Gasteiger partial charge is 0.445 e. The number of amides is 1. The van der Waals surface area contributed by atoms with Crippen molar-refractivity contribution in [3.63, 3.8) is 0 Å². The highest BCUT2D eigenvalue weighted by Crippen LogP contribution is 2.38. The molecule has 23 heavy (non-hydrogen) atoms. The number of ether oxygens (including phenoxy) is 1. The minimum atomic E-state index is -1.78. The Hall–Kier alpha value is -1.33. The van der Waals surface area contributed by atoms with Gasteiger partial charge in [-0.15, -0.1) is 0 Å². The van der Waals surface area contributed by atoms with Crippen molar-refractivity contribution in [2.24, 2.45) is 0 Å². The fraction of sp³-hybridized carbons (Fsp3) is 0.611. The van der Waals surface area contributed by atoms with Gasteiger partial charge in [0.1, 0.15) is 6.61 Å². The molecule has 4 nitrogen and oxygen atoms in total. The molecule has 1 fully saturated rings. The molecule has 1 atom stereocenters. The summed E-state index contributed by atoms with van der Waals surface area (Å²) >= 11 is 0. The smallest absolute Gasteiger partial charge is 0.410 e. The normalized spacial score (nSPS) is 19.0. The number of rotatable bonds is 4. The molecule has 0 radical (unpaired) electrons. The molecule has 0 saturated carbocycles. The van der Waals surface area contributed by atoms with Crippen molar-refractivity contribution in [1.82, 2.24) is 4.90 Å². The van der Waals surface area contributed by atoms with Gasteiger partial charge in [-0.3, -0.25) is 0 Å². The van der Waals surface area contributed by atoms with Crippen LogP contribution in [0.1, 0.15) is 32.8 Å². The first kappa shape index (κ1) is 18.0. The highest BCUT2D eigenvalue weighted by atomic mass is 28.4. The maximum Gasteiger partial charge on any atom is 0.410 e. The molecule has 1 saturated heterocycles. The third-order valence-electron chi connectivity index (χ3n) is 4.88. The van der Waals surface area contributed by atoms with Crippen LogP contribution in [0.2, 0.25) is 18.1 Å². The average molecular weight is 336 g/mol. The molecule has 1 heterocycles. The number of hydrogen-bond donors (Lipinski definition) is 0. The summed E-state index contributed by atoms with van der Waals surface area (Å²) in [5.41, 5.74) is 1.01. The molecule has 2 rings (SSSR count). The molecule has 1 amide bonds. The zero-order chi connectivity index (χ0) is 17.1. The Morgan fingerprint density at radius 3 is 2.52 bits per heavy atom. The molecular weight excluding hydrogens is 306 g/mol. The number of likely N-dealkylation sites (tertiary alicyclic amines) is 1. The zero-order valence-corrected chi connectivity index (χ0v) is 16.0. The highest BCUT2D eigenvalue weighted by Gasteiger charge is 2.41. The number of hydrogen-bond acceptors (Lipinski definition) is 3. The van der Waals surface area contributed by atoms with Crippen molar-refractivity contribution in [2.45, 2.75) is 58.0 Å². The fourth-order valence-corrected chi connectivity index (χ4v) is 3.77. The van der Waals surface area contributed by atoms with E-state index in [0.717, 1.165) is 12.0 Å². The average Bonchev–Trinajstić information content (AvgIpc) is 2.92. The molecule has 5 heteroatoms. The molecule has 128 valence electrons. The molecule has 0 spiro atoms. The van der Waals surface area contributed by atoms with Gasteiger partial charge in [-0.25, -0.2) is 4.79 Å². The predicted molar refractivity (Wildman–Crippen MR) is 94.9 cm³/mol. The number of benzene rings is 1. The summed E-state index contributed by atoms with van der Waals surface area (Å²) in [6, 6.07) is 9.76. The highest BCUT2D eigenvalue weighted by molar-refractivity contribution is 6.74. The molecule has 1 aromatic carbocycles. The maximum atomic E-state index is 12.2. The fourth-order valence-electron chi connectivity index (χ4n) is 2.39. The second kappa shape index (κ2) is 7.05. The standard InChI is InChI=1S/C18H29NO3Si/c1-18(2,3)23(4,5)22-16-11-12-19(13-16)17(20)21-14-15-9-7-6-8-10-15/h6-10,16H,11-14H2,1-5H3. The van der Waals surface area contributed by atoms with Gasteiger partial charge in [-0.05, 0) is 30.1 Å². The predicted octanol–water partition coefficient (Wildman–Crippen LogP) is 4.42. The van der Waals surface area contributed by atoms with Crippen LogP contribution in [0.4, 0.5) is 4.79 Å². The lowest BCUT2D eigenvalue weighted by Crippen LogP contribution is -2.44. The third-order valence-corrected chi connectivity index (χ3v) is 9.41. The number of nitrogens with zero attached hydrogens (tertiary/aromatic N) is 1. The second-order valence-corrected chi connectivity index (χ2v) is 12.5. The summed E-state index contributed by atoms with van der Waals surface area (Å²) in [5.74, 6) is 0. The van der Waals surface area contributed by atoms with Crippen LogP contribution in [0.25, 0.3) is 0 Å². The molecule has 0 N–H and O–H groups in total. The Kier molecular flexibility index (Phi) is 5.52. The van der Waals surface area contributed by atoms with Gasteiger partial charge < -0.3 is 14.1 Å².